The van der Waals surface area contributed by atoms with Crippen LogP contribution in [-0.4, -0.2) is 40.6 Å². The molecule has 5 nitrogen and oxygen atoms in total. The molecule has 0 bridgehead atoms. The van der Waals surface area contributed by atoms with Gasteiger partial charge in [-0.1, -0.05) is 20.3 Å². The van der Waals surface area contributed by atoms with Crippen molar-refractivity contribution >= 4 is 0 Å². The Morgan fingerprint density at radius 1 is 1.47 bits per heavy atom. The maximum absolute atomic E-state index is 5.57. The number of hydrogen-bond donors (Lipinski definition) is 1. The zero-order valence-electron chi connectivity index (χ0n) is 11.3. The summed E-state index contributed by atoms with van der Waals surface area (Å²) in [5.74, 6) is 0.995. The van der Waals surface area contributed by atoms with Gasteiger partial charge in [-0.25, -0.2) is 4.98 Å². The number of methoxy groups -OCH3 is 1. The Labute approximate surface area is 104 Å². The first-order valence-electron chi connectivity index (χ1n) is 6.31. The molecule has 1 aromatic rings. The molecule has 0 saturated carbocycles. The van der Waals surface area contributed by atoms with Crippen LogP contribution in [-0.2, 0) is 18.2 Å². The molecular formula is C12H24N4O. The topological polar surface area (TPSA) is 52.0 Å². The minimum absolute atomic E-state index is 0.233. The van der Waals surface area contributed by atoms with E-state index < -0.39 is 0 Å². The van der Waals surface area contributed by atoms with Crippen LogP contribution in [0.2, 0.25) is 0 Å². The highest BCUT2D eigenvalue weighted by Crippen LogP contribution is 2.10. The first-order chi connectivity index (χ1) is 8.22. The Morgan fingerprint density at radius 3 is 2.71 bits per heavy atom. The Hall–Kier alpha value is -0.940. The molecule has 2 atom stereocenters. The summed E-state index contributed by atoms with van der Waals surface area (Å²) in [7, 11) is 3.70. The lowest BCUT2D eigenvalue weighted by Crippen LogP contribution is -2.43. The predicted octanol–water partition coefficient (Wildman–Crippen LogP) is 1.15. The quantitative estimate of drug-likeness (QED) is 0.740. The average molecular weight is 240 g/mol. The van der Waals surface area contributed by atoms with Gasteiger partial charge in [0.25, 0.3) is 0 Å². The van der Waals surface area contributed by atoms with Gasteiger partial charge in [0.05, 0.1) is 6.10 Å². The fraction of sp³-hybridized carbons (Fsp3) is 0.833. The molecule has 17 heavy (non-hydrogen) atoms. The molecule has 0 amide bonds. The molecule has 1 N–H and O–H groups in total. The van der Waals surface area contributed by atoms with Gasteiger partial charge in [-0.05, 0) is 13.0 Å². The number of likely N-dealkylation sites (N-methyl/N-ethyl adjacent to an activating group) is 1. The number of aryl methyl sites for hydroxylation is 1. The highest BCUT2D eigenvalue weighted by atomic mass is 16.5. The second-order valence-corrected chi connectivity index (χ2v) is 4.23. The number of ether oxygens (including phenoxy) is 1. The molecule has 0 radical (unpaired) electrons. The Bertz CT molecular complexity index is 313. The van der Waals surface area contributed by atoms with Crippen molar-refractivity contribution in [3.63, 3.8) is 0 Å². The number of nitrogens with one attached hydrogen (secondary N) is 1. The lowest BCUT2D eigenvalue weighted by molar-refractivity contribution is 0.0605. The van der Waals surface area contributed by atoms with Gasteiger partial charge in [-0.15, -0.1) is 0 Å². The Balaban J connectivity index is 2.67. The normalized spacial score (nSPS) is 14.8. The molecule has 0 aliphatic heterocycles. The van der Waals surface area contributed by atoms with Crippen LogP contribution < -0.4 is 5.32 Å². The summed E-state index contributed by atoms with van der Waals surface area (Å²) >= 11 is 0. The Morgan fingerprint density at radius 2 is 2.24 bits per heavy atom. The molecule has 2 unspecified atom stereocenters. The standard InChI is InChI=1S/C12H24N4O/c1-5-7-11(17-4)10(13-6-2)8-12-14-9-15-16(12)3/h9-11,13H,5-8H2,1-4H3. The van der Waals surface area contributed by atoms with Crippen molar-refractivity contribution in [2.45, 2.75) is 45.3 Å². The van der Waals surface area contributed by atoms with Crippen molar-refractivity contribution in [1.29, 1.82) is 0 Å². The van der Waals surface area contributed by atoms with E-state index in [1.807, 2.05) is 11.7 Å². The molecule has 1 heterocycles. The second kappa shape index (κ2) is 7.40. The molecule has 1 aromatic heterocycles. The van der Waals surface area contributed by atoms with E-state index in [0.29, 0.717) is 6.04 Å². The Kier molecular flexibility index (Phi) is 6.15. The van der Waals surface area contributed by atoms with Crippen molar-refractivity contribution in [2.75, 3.05) is 13.7 Å². The van der Waals surface area contributed by atoms with Crippen molar-refractivity contribution in [3.8, 4) is 0 Å². The lowest BCUT2D eigenvalue weighted by Gasteiger charge is -2.26. The van der Waals surface area contributed by atoms with Gasteiger partial charge in [0.15, 0.2) is 0 Å². The maximum atomic E-state index is 5.57. The van der Waals surface area contributed by atoms with Crippen molar-refractivity contribution < 1.29 is 4.74 Å². The van der Waals surface area contributed by atoms with E-state index in [0.717, 1.165) is 31.6 Å². The minimum Gasteiger partial charge on any atom is -0.380 e. The van der Waals surface area contributed by atoms with Gasteiger partial charge in [0.2, 0.25) is 0 Å². The van der Waals surface area contributed by atoms with Crippen LogP contribution in [0.25, 0.3) is 0 Å². The molecule has 0 aliphatic rings. The molecule has 0 aromatic carbocycles. The van der Waals surface area contributed by atoms with Crippen LogP contribution in [0.4, 0.5) is 0 Å². The van der Waals surface area contributed by atoms with Gasteiger partial charge >= 0.3 is 0 Å². The summed E-state index contributed by atoms with van der Waals surface area (Å²) in [5.41, 5.74) is 0. The largest absolute Gasteiger partial charge is 0.380 e. The zero-order valence-corrected chi connectivity index (χ0v) is 11.3. The smallest absolute Gasteiger partial charge is 0.138 e. The first-order valence-corrected chi connectivity index (χ1v) is 6.31. The van der Waals surface area contributed by atoms with Crippen LogP contribution in [0.5, 0.6) is 0 Å². The molecule has 98 valence electrons. The molecule has 0 saturated heterocycles. The SMILES string of the molecule is CCCC(OC)C(Cc1ncnn1C)NCC. The molecule has 0 aliphatic carbocycles. The van der Waals surface area contributed by atoms with Crippen LogP contribution in [0.1, 0.15) is 32.5 Å². The van der Waals surface area contributed by atoms with E-state index in [4.69, 9.17) is 4.74 Å². The van der Waals surface area contributed by atoms with E-state index in [1.165, 1.54) is 0 Å². The van der Waals surface area contributed by atoms with E-state index in [2.05, 4.69) is 29.2 Å². The van der Waals surface area contributed by atoms with Crippen molar-refractivity contribution in [3.05, 3.63) is 12.2 Å². The number of nitrogens with zero attached hydrogens (tertiary/aromatic N) is 3. The lowest BCUT2D eigenvalue weighted by atomic mass is 10.0. The molecule has 5 heteroatoms. The highest BCUT2D eigenvalue weighted by Gasteiger charge is 2.21. The summed E-state index contributed by atoms with van der Waals surface area (Å²) in [5, 5.41) is 7.58. The summed E-state index contributed by atoms with van der Waals surface area (Å²) in [6.45, 7) is 5.23. The number of rotatable bonds is 8. The van der Waals surface area contributed by atoms with Crippen LogP contribution in [0, 0.1) is 0 Å². The fourth-order valence-corrected chi connectivity index (χ4v) is 2.07. The van der Waals surface area contributed by atoms with Crippen molar-refractivity contribution in [1.82, 2.24) is 20.1 Å². The monoisotopic (exact) mass is 240 g/mol. The molecular weight excluding hydrogens is 216 g/mol. The van der Waals surface area contributed by atoms with E-state index in [-0.39, 0.29) is 6.10 Å². The number of aromatic nitrogens is 3. The average Bonchev–Trinajstić information content (AvgIpc) is 2.71. The fourth-order valence-electron chi connectivity index (χ4n) is 2.07. The van der Waals surface area contributed by atoms with Crippen molar-refractivity contribution in [2.24, 2.45) is 7.05 Å². The van der Waals surface area contributed by atoms with E-state index >= 15 is 0 Å². The van der Waals surface area contributed by atoms with Crippen LogP contribution in [0.15, 0.2) is 6.33 Å². The number of hydrogen-bond acceptors (Lipinski definition) is 4. The molecule has 1 rings (SSSR count). The van der Waals surface area contributed by atoms with Crippen LogP contribution >= 0.6 is 0 Å². The first kappa shape index (κ1) is 14.1. The summed E-state index contributed by atoms with van der Waals surface area (Å²) in [6, 6.07) is 0.299. The second-order valence-electron chi connectivity index (χ2n) is 4.23. The summed E-state index contributed by atoms with van der Waals surface area (Å²) < 4.78 is 7.40. The van der Waals surface area contributed by atoms with Gasteiger partial charge in [0.1, 0.15) is 12.2 Å². The third-order valence-corrected chi connectivity index (χ3v) is 3.00. The summed E-state index contributed by atoms with van der Waals surface area (Å²) in [6.07, 6.45) is 4.87. The van der Waals surface area contributed by atoms with Gasteiger partial charge in [-0.3, -0.25) is 4.68 Å². The van der Waals surface area contributed by atoms with Crippen LogP contribution in [0.3, 0.4) is 0 Å². The van der Waals surface area contributed by atoms with E-state index in [9.17, 15) is 0 Å². The predicted molar refractivity (Wildman–Crippen MR) is 67.9 cm³/mol. The van der Waals surface area contributed by atoms with Gasteiger partial charge in [-0.2, -0.15) is 5.10 Å². The third-order valence-electron chi connectivity index (χ3n) is 3.00. The molecule has 0 spiro atoms. The van der Waals surface area contributed by atoms with Gasteiger partial charge < -0.3 is 10.1 Å². The highest BCUT2D eigenvalue weighted by molar-refractivity contribution is 4.92. The zero-order chi connectivity index (χ0) is 12.7. The maximum Gasteiger partial charge on any atom is 0.138 e. The minimum atomic E-state index is 0.233. The summed E-state index contributed by atoms with van der Waals surface area (Å²) in [4.78, 5) is 4.27. The van der Waals surface area contributed by atoms with Gasteiger partial charge in [0, 0.05) is 26.6 Å². The molecule has 0 fully saturated rings. The third kappa shape index (κ3) is 4.09. The van der Waals surface area contributed by atoms with E-state index in [1.54, 1.807) is 13.4 Å².